The molecule has 1 aromatic carbocycles. The SMILES string of the molecule is COc1cc(N)c(C(=O)c2cc(C)c(Br)s2)cc1OC. The molecule has 0 bridgehead atoms. The topological polar surface area (TPSA) is 61.5 Å². The standard InChI is InChI=1S/C14H14BrNO3S/c1-7-4-12(20-14(7)15)13(17)8-5-10(18-2)11(19-3)6-9(8)16/h4-6H,16H2,1-3H3. The summed E-state index contributed by atoms with van der Waals surface area (Å²) in [6.45, 7) is 1.94. The number of hydrogen-bond acceptors (Lipinski definition) is 5. The molecule has 2 rings (SSSR count). The highest BCUT2D eigenvalue weighted by Crippen LogP contribution is 2.35. The molecule has 0 unspecified atom stereocenters. The molecule has 2 aromatic rings. The van der Waals surface area contributed by atoms with Gasteiger partial charge in [-0.15, -0.1) is 11.3 Å². The highest BCUT2D eigenvalue weighted by molar-refractivity contribution is 9.11. The van der Waals surface area contributed by atoms with Gasteiger partial charge in [-0.05, 0) is 40.5 Å². The van der Waals surface area contributed by atoms with Crippen molar-refractivity contribution in [2.24, 2.45) is 0 Å². The minimum Gasteiger partial charge on any atom is -0.493 e. The predicted octanol–water partition coefficient (Wildman–Crippen LogP) is 3.65. The van der Waals surface area contributed by atoms with Crippen molar-refractivity contribution in [1.82, 2.24) is 0 Å². The summed E-state index contributed by atoms with van der Waals surface area (Å²) in [6.07, 6.45) is 0. The quantitative estimate of drug-likeness (QED) is 0.671. The van der Waals surface area contributed by atoms with Gasteiger partial charge in [0.05, 0.1) is 28.4 Å². The molecule has 0 atom stereocenters. The van der Waals surface area contributed by atoms with E-state index >= 15 is 0 Å². The van der Waals surface area contributed by atoms with Crippen molar-refractivity contribution in [3.8, 4) is 11.5 Å². The van der Waals surface area contributed by atoms with Crippen LogP contribution in [0.4, 0.5) is 5.69 Å². The summed E-state index contributed by atoms with van der Waals surface area (Å²) < 4.78 is 11.3. The third kappa shape index (κ3) is 2.66. The number of nitrogen functional groups attached to an aromatic ring is 1. The molecule has 1 heterocycles. The fourth-order valence-electron chi connectivity index (χ4n) is 1.80. The molecule has 0 spiro atoms. The molecule has 6 heteroatoms. The second kappa shape index (κ2) is 5.85. The maximum atomic E-state index is 12.5. The molecular formula is C14H14BrNO3S. The van der Waals surface area contributed by atoms with Crippen molar-refractivity contribution in [1.29, 1.82) is 0 Å². The Morgan fingerprint density at radius 2 is 1.80 bits per heavy atom. The lowest BCUT2D eigenvalue weighted by atomic mass is 10.1. The summed E-state index contributed by atoms with van der Waals surface area (Å²) in [5.41, 5.74) is 7.75. The number of thiophene rings is 1. The van der Waals surface area contributed by atoms with Crippen LogP contribution >= 0.6 is 27.3 Å². The van der Waals surface area contributed by atoms with Crippen LogP contribution in [0.1, 0.15) is 20.8 Å². The van der Waals surface area contributed by atoms with E-state index in [1.165, 1.54) is 25.6 Å². The first-order chi connectivity index (χ1) is 9.47. The number of hydrogen-bond donors (Lipinski definition) is 1. The van der Waals surface area contributed by atoms with Gasteiger partial charge >= 0.3 is 0 Å². The third-order valence-electron chi connectivity index (χ3n) is 2.88. The lowest BCUT2D eigenvalue weighted by molar-refractivity contribution is 0.104. The van der Waals surface area contributed by atoms with Crippen LogP contribution in [-0.4, -0.2) is 20.0 Å². The van der Waals surface area contributed by atoms with Gasteiger partial charge in [0.25, 0.3) is 0 Å². The molecule has 0 saturated heterocycles. The Hall–Kier alpha value is -1.53. The van der Waals surface area contributed by atoms with E-state index in [-0.39, 0.29) is 5.78 Å². The number of aryl methyl sites for hydroxylation is 1. The summed E-state index contributed by atoms with van der Waals surface area (Å²) in [4.78, 5) is 13.1. The van der Waals surface area contributed by atoms with Gasteiger partial charge in [0.1, 0.15) is 0 Å². The maximum Gasteiger partial charge on any atom is 0.205 e. The Morgan fingerprint density at radius 1 is 1.20 bits per heavy atom. The Bertz CT molecular complexity index is 647. The average molecular weight is 356 g/mol. The van der Waals surface area contributed by atoms with Crippen LogP contribution in [0.25, 0.3) is 0 Å². The van der Waals surface area contributed by atoms with Crippen molar-refractivity contribution in [3.05, 3.63) is 38.0 Å². The van der Waals surface area contributed by atoms with Gasteiger partial charge in [0, 0.05) is 11.8 Å². The first kappa shape index (κ1) is 14.9. The number of carbonyl (C=O) groups is 1. The molecule has 0 aliphatic rings. The number of halogens is 1. The number of anilines is 1. The lowest BCUT2D eigenvalue weighted by Crippen LogP contribution is -2.05. The van der Waals surface area contributed by atoms with Crippen molar-refractivity contribution in [2.45, 2.75) is 6.92 Å². The minimum absolute atomic E-state index is 0.123. The smallest absolute Gasteiger partial charge is 0.205 e. The molecule has 0 fully saturated rings. The van der Waals surface area contributed by atoms with E-state index in [9.17, 15) is 4.79 Å². The molecule has 0 amide bonds. The van der Waals surface area contributed by atoms with Gasteiger partial charge in [-0.25, -0.2) is 0 Å². The number of ketones is 1. The number of nitrogens with two attached hydrogens (primary N) is 1. The van der Waals surface area contributed by atoms with Crippen molar-refractivity contribution >= 4 is 38.7 Å². The first-order valence-electron chi connectivity index (χ1n) is 5.80. The van der Waals surface area contributed by atoms with E-state index in [0.717, 1.165) is 9.35 Å². The molecule has 106 valence electrons. The van der Waals surface area contributed by atoms with Crippen LogP contribution in [0.15, 0.2) is 22.0 Å². The Labute approximate surface area is 129 Å². The number of benzene rings is 1. The van der Waals surface area contributed by atoms with E-state index in [0.29, 0.717) is 27.6 Å². The second-order valence-corrected chi connectivity index (χ2v) is 6.56. The number of carbonyl (C=O) groups excluding carboxylic acids is 1. The second-order valence-electron chi connectivity index (χ2n) is 4.19. The van der Waals surface area contributed by atoms with E-state index in [2.05, 4.69) is 15.9 Å². The Balaban J connectivity index is 2.49. The summed E-state index contributed by atoms with van der Waals surface area (Å²) in [5.74, 6) is 0.865. The van der Waals surface area contributed by atoms with Gasteiger partial charge in [-0.3, -0.25) is 4.79 Å². The highest BCUT2D eigenvalue weighted by atomic mass is 79.9. The summed E-state index contributed by atoms with van der Waals surface area (Å²) >= 11 is 4.81. The number of methoxy groups -OCH3 is 2. The Kier molecular flexibility index (Phi) is 4.35. The monoisotopic (exact) mass is 355 g/mol. The predicted molar refractivity (Wildman–Crippen MR) is 84.1 cm³/mol. The van der Waals surface area contributed by atoms with Gasteiger partial charge in [-0.2, -0.15) is 0 Å². The van der Waals surface area contributed by atoms with E-state index in [4.69, 9.17) is 15.2 Å². The molecule has 1 aromatic heterocycles. The van der Waals surface area contributed by atoms with Crippen LogP contribution in [0.5, 0.6) is 11.5 Å². The van der Waals surface area contributed by atoms with Gasteiger partial charge < -0.3 is 15.2 Å². The van der Waals surface area contributed by atoms with Crippen molar-refractivity contribution < 1.29 is 14.3 Å². The summed E-state index contributed by atoms with van der Waals surface area (Å²) in [6, 6.07) is 5.05. The average Bonchev–Trinajstić information content (AvgIpc) is 2.77. The van der Waals surface area contributed by atoms with Crippen molar-refractivity contribution in [2.75, 3.05) is 20.0 Å². The normalized spacial score (nSPS) is 10.4. The Morgan fingerprint density at radius 3 is 2.30 bits per heavy atom. The lowest BCUT2D eigenvalue weighted by Gasteiger charge is -2.11. The first-order valence-corrected chi connectivity index (χ1v) is 7.41. The van der Waals surface area contributed by atoms with E-state index in [1.54, 1.807) is 12.1 Å². The molecule has 0 aliphatic carbocycles. The van der Waals surface area contributed by atoms with E-state index in [1.807, 2.05) is 13.0 Å². The fourth-order valence-corrected chi connectivity index (χ4v) is 3.28. The van der Waals surface area contributed by atoms with E-state index < -0.39 is 0 Å². The summed E-state index contributed by atoms with van der Waals surface area (Å²) in [5, 5.41) is 0. The van der Waals surface area contributed by atoms with Crippen molar-refractivity contribution in [3.63, 3.8) is 0 Å². The maximum absolute atomic E-state index is 12.5. The third-order valence-corrected chi connectivity index (χ3v) is 5.02. The van der Waals surface area contributed by atoms with Crippen LogP contribution in [0.3, 0.4) is 0 Å². The molecular weight excluding hydrogens is 342 g/mol. The largest absolute Gasteiger partial charge is 0.493 e. The van der Waals surface area contributed by atoms with Crippen LogP contribution in [-0.2, 0) is 0 Å². The van der Waals surface area contributed by atoms with Gasteiger partial charge in [0.15, 0.2) is 11.5 Å². The molecule has 20 heavy (non-hydrogen) atoms. The fraction of sp³-hybridized carbons (Fsp3) is 0.214. The zero-order valence-corrected chi connectivity index (χ0v) is 13.7. The van der Waals surface area contributed by atoms with Crippen LogP contribution < -0.4 is 15.2 Å². The zero-order chi connectivity index (χ0) is 14.9. The minimum atomic E-state index is -0.123. The highest BCUT2D eigenvalue weighted by Gasteiger charge is 2.19. The van der Waals surface area contributed by atoms with Crippen LogP contribution in [0, 0.1) is 6.92 Å². The summed E-state index contributed by atoms with van der Waals surface area (Å²) in [7, 11) is 3.05. The van der Waals surface area contributed by atoms with Gasteiger partial charge in [-0.1, -0.05) is 0 Å². The molecule has 0 saturated carbocycles. The number of rotatable bonds is 4. The molecule has 4 nitrogen and oxygen atoms in total. The molecule has 0 radical (unpaired) electrons. The van der Waals surface area contributed by atoms with Crippen LogP contribution in [0.2, 0.25) is 0 Å². The molecule has 0 aliphatic heterocycles. The zero-order valence-electron chi connectivity index (χ0n) is 11.3. The molecule has 2 N–H and O–H groups in total. The van der Waals surface area contributed by atoms with Gasteiger partial charge in [0.2, 0.25) is 5.78 Å². The number of ether oxygens (including phenoxy) is 2.